The number of ether oxygens (including phenoxy) is 1. The summed E-state index contributed by atoms with van der Waals surface area (Å²) in [5.41, 5.74) is 0.879. The number of hydrogen-bond donors (Lipinski definition) is 0. The Kier molecular flexibility index (Phi) is 6.68. The molecule has 0 saturated carbocycles. The Labute approximate surface area is 135 Å². The fraction of sp³-hybridized carbons (Fsp3) is 0.500. The first-order valence-electron chi connectivity index (χ1n) is 7.42. The van der Waals surface area contributed by atoms with Crippen LogP contribution in [0.3, 0.4) is 0 Å². The second-order valence-corrected chi connectivity index (χ2v) is 5.70. The zero-order valence-corrected chi connectivity index (χ0v) is 13.2. The summed E-state index contributed by atoms with van der Waals surface area (Å²) >= 11 is 5.90. The van der Waals surface area contributed by atoms with E-state index >= 15 is 0 Å². The highest BCUT2D eigenvalue weighted by atomic mass is 35.5. The molecule has 1 heterocycles. The summed E-state index contributed by atoms with van der Waals surface area (Å²) in [7, 11) is 0. The molecule has 1 saturated heterocycles. The molecular formula is C16H20ClN2O3. The number of carbonyl (C=O) groups is 1. The van der Waals surface area contributed by atoms with Gasteiger partial charge in [0.2, 0.25) is 0 Å². The van der Waals surface area contributed by atoms with Crippen LogP contribution in [0.25, 0.3) is 0 Å². The number of rotatable bonds is 6. The molecule has 0 bridgehead atoms. The van der Waals surface area contributed by atoms with Gasteiger partial charge >= 0.3 is 6.09 Å². The van der Waals surface area contributed by atoms with Gasteiger partial charge in [-0.3, -0.25) is 9.69 Å². The summed E-state index contributed by atoms with van der Waals surface area (Å²) in [6.07, 6.45) is 2.91. The number of piperazine rings is 1. The quantitative estimate of drug-likeness (QED) is 0.755. The number of benzene rings is 1. The van der Waals surface area contributed by atoms with Gasteiger partial charge in [0, 0.05) is 37.6 Å². The first-order valence-corrected chi connectivity index (χ1v) is 7.80. The Morgan fingerprint density at radius 2 is 2.05 bits per heavy atom. The third kappa shape index (κ3) is 5.31. The molecule has 0 N–H and O–H groups in total. The Balaban J connectivity index is 1.70. The number of halogens is 1. The van der Waals surface area contributed by atoms with E-state index in [4.69, 9.17) is 16.3 Å². The average Bonchev–Trinajstić information content (AvgIpc) is 2.54. The van der Waals surface area contributed by atoms with Crippen molar-refractivity contribution in [2.24, 2.45) is 0 Å². The summed E-state index contributed by atoms with van der Waals surface area (Å²) < 4.78 is 5.31. The number of unbranched alkanes of at least 4 members (excludes halogenated alkanes) is 1. The van der Waals surface area contributed by atoms with Crippen LogP contribution in [-0.2, 0) is 16.1 Å². The molecule has 1 aliphatic rings. The summed E-state index contributed by atoms with van der Waals surface area (Å²) in [5.74, 6) is 0. The van der Waals surface area contributed by atoms with Gasteiger partial charge in [-0.1, -0.05) is 23.7 Å². The molecule has 22 heavy (non-hydrogen) atoms. The van der Waals surface area contributed by atoms with Gasteiger partial charge in [0.05, 0.1) is 0 Å². The minimum absolute atomic E-state index is 0.231. The lowest BCUT2D eigenvalue weighted by Crippen LogP contribution is -2.48. The maximum absolute atomic E-state index is 12.0. The van der Waals surface area contributed by atoms with E-state index < -0.39 is 0 Å². The zero-order chi connectivity index (χ0) is 15.8. The fourth-order valence-electron chi connectivity index (χ4n) is 2.39. The third-order valence-corrected chi connectivity index (χ3v) is 3.87. The maximum Gasteiger partial charge on any atom is 0.410 e. The number of hydrogen-bond acceptors (Lipinski definition) is 4. The second-order valence-electron chi connectivity index (χ2n) is 5.26. The largest absolute Gasteiger partial charge is 0.445 e. The minimum atomic E-state index is -0.291. The molecule has 1 aliphatic heterocycles. The van der Waals surface area contributed by atoms with Crippen LogP contribution in [0.15, 0.2) is 24.3 Å². The summed E-state index contributed by atoms with van der Waals surface area (Å²) in [4.78, 5) is 26.2. The molecular weight excluding hydrogens is 304 g/mol. The Hall–Kier alpha value is -1.59. The molecule has 0 spiro atoms. The van der Waals surface area contributed by atoms with E-state index in [1.807, 2.05) is 18.4 Å². The normalized spacial score (nSPS) is 15.6. The van der Waals surface area contributed by atoms with Crippen molar-refractivity contribution in [2.45, 2.75) is 19.4 Å². The molecule has 119 valence electrons. The van der Waals surface area contributed by atoms with E-state index in [0.717, 1.165) is 31.6 Å². The Morgan fingerprint density at radius 3 is 2.73 bits per heavy atom. The molecule has 1 fully saturated rings. The van der Waals surface area contributed by atoms with Crippen molar-refractivity contribution in [2.75, 3.05) is 32.7 Å². The molecule has 1 amide bonds. The van der Waals surface area contributed by atoms with Gasteiger partial charge in [-0.25, -0.2) is 4.79 Å². The predicted octanol–water partition coefficient (Wildman–Crippen LogP) is 2.48. The Morgan fingerprint density at radius 1 is 1.27 bits per heavy atom. The summed E-state index contributed by atoms with van der Waals surface area (Å²) in [5, 5.41) is 0.634. The lowest BCUT2D eigenvalue weighted by Gasteiger charge is -2.33. The average molecular weight is 324 g/mol. The first kappa shape index (κ1) is 16.8. The van der Waals surface area contributed by atoms with Crippen LogP contribution in [-0.4, -0.2) is 54.9 Å². The van der Waals surface area contributed by atoms with Crippen molar-refractivity contribution in [3.05, 3.63) is 34.9 Å². The van der Waals surface area contributed by atoms with Crippen LogP contribution in [0.2, 0.25) is 5.02 Å². The van der Waals surface area contributed by atoms with Gasteiger partial charge < -0.3 is 9.64 Å². The molecule has 0 aromatic heterocycles. The molecule has 2 rings (SSSR count). The van der Waals surface area contributed by atoms with E-state index in [9.17, 15) is 9.59 Å². The molecule has 1 aromatic rings. The van der Waals surface area contributed by atoms with Crippen LogP contribution in [0.4, 0.5) is 4.79 Å². The SMILES string of the molecule is O=[C]CCCN1CCN(C(=O)OCc2cccc(Cl)c2)CC1. The number of carbonyl (C=O) groups excluding carboxylic acids is 2. The molecule has 0 unspecified atom stereocenters. The zero-order valence-electron chi connectivity index (χ0n) is 12.5. The van der Waals surface area contributed by atoms with Crippen molar-refractivity contribution in [1.29, 1.82) is 0 Å². The second kappa shape index (κ2) is 8.76. The van der Waals surface area contributed by atoms with E-state index in [0.29, 0.717) is 24.5 Å². The van der Waals surface area contributed by atoms with Gasteiger partial charge in [-0.05, 0) is 30.7 Å². The lowest BCUT2D eigenvalue weighted by atomic mass is 10.2. The van der Waals surface area contributed by atoms with E-state index in [1.54, 1.807) is 17.0 Å². The smallest absolute Gasteiger partial charge is 0.410 e. The maximum atomic E-state index is 12.0. The summed E-state index contributed by atoms with van der Waals surface area (Å²) in [6.45, 7) is 4.03. The van der Waals surface area contributed by atoms with Gasteiger partial charge in [0.1, 0.15) is 6.61 Å². The van der Waals surface area contributed by atoms with Crippen LogP contribution < -0.4 is 0 Å². The number of nitrogens with zero attached hydrogens (tertiary/aromatic N) is 2. The van der Waals surface area contributed by atoms with Gasteiger partial charge in [0.15, 0.2) is 6.29 Å². The van der Waals surface area contributed by atoms with Crippen molar-refractivity contribution >= 4 is 24.0 Å². The van der Waals surface area contributed by atoms with Crippen LogP contribution >= 0.6 is 11.6 Å². The first-order chi connectivity index (χ1) is 10.7. The van der Waals surface area contributed by atoms with Gasteiger partial charge in [-0.15, -0.1) is 0 Å². The van der Waals surface area contributed by atoms with E-state index in [-0.39, 0.29) is 12.7 Å². The van der Waals surface area contributed by atoms with Gasteiger partial charge in [0.25, 0.3) is 0 Å². The highest BCUT2D eigenvalue weighted by molar-refractivity contribution is 6.30. The van der Waals surface area contributed by atoms with Crippen molar-refractivity contribution in [3.63, 3.8) is 0 Å². The van der Waals surface area contributed by atoms with Crippen LogP contribution in [0, 0.1) is 0 Å². The topological polar surface area (TPSA) is 49.9 Å². The monoisotopic (exact) mass is 323 g/mol. The van der Waals surface area contributed by atoms with Crippen LogP contribution in [0.5, 0.6) is 0 Å². The van der Waals surface area contributed by atoms with Crippen molar-refractivity contribution in [1.82, 2.24) is 9.80 Å². The highest BCUT2D eigenvalue weighted by Gasteiger charge is 2.21. The molecule has 1 radical (unpaired) electrons. The van der Waals surface area contributed by atoms with Crippen molar-refractivity contribution in [3.8, 4) is 0 Å². The highest BCUT2D eigenvalue weighted by Crippen LogP contribution is 2.12. The predicted molar refractivity (Wildman–Crippen MR) is 84.6 cm³/mol. The fourth-order valence-corrected chi connectivity index (χ4v) is 2.60. The Bertz CT molecular complexity index is 502. The van der Waals surface area contributed by atoms with Crippen molar-refractivity contribution < 1.29 is 14.3 Å². The van der Waals surface area contributed by atoms with Gasteiger partial charge in [-0.2, -0.15) is 0 Å². The molecule has 1 aromatic carbocycles. The molecule has 6 heteroatoms. The number of amides is 1. The van der Waals surface area contributed by atoms with Crippen LogP contribution in [0.1, 0.15) is 18.4 Å². The third-order valence-electron chi connectivity index (χ3n) is 3.64. The molecule has 5 nitrogen and oxygen atoms in total. The minimum Gasteiger partial charge on any atom is -0.445 e. The van der Waals surface area contributed by atoms with E-state index in [1.165, 1.54) is 0 Å². The standard InChI is InChI=1S/C16H20ClN2O3/c17-15-5-3-4-14(12-15)13-22-16(21)19-9-7-18(8-10-19)6-1-2-11-20/h3-5,12H,1-2,6-10,13H2. The molecule has 0 atom stereocenters. The van der Waals surface area contributed by atoms with E-state index in [2.05, 4.69) is 4.90 Å². The lowest BCUT2D eigenvalue weighted by molar-refractivity contribution is 0.0715. The summed E-state index contributed by atoms with van der Waals surface area (Å²) in [6, 6.07) is 7.29. The molecule has 0 aliphatic carbocycles.